The Morgan fingerprint density at radius 2 is 1.84 bits per heavy atom. The monoisotopic (exact) mass is 385 g/mol. The molecular formula is C17H17ClFNO4S. The van der Waals surface area contributed by atoms with E-state index in [-0.39, 0.29) is 22.2 Å². The smallest absolute Gasteiger partial charge is 0.326 e. The van der Waals surface area contributed by atoms with Crippen LogP contribution >= 0.6 is 11.6 Å². The first kappa shape index (κ1) is 19.2. The van der Waals surface area contributed by atoms with Crippen molar-refractivity contribution in [3.63, 3.8) is 0 Å². The molecule has 2 aromatic rings. The van der Waals surface area contributed by atoms with E-state index >= 15 is 0 Å². The third-order valence-corrected chi connectivity index (χ3v) is 5.56. The van der Waals surface area contributed by atoms with Gasteiger partial charge in [-0.2, -0.15) is 0 Å². The number of anilines is 1. The lowest BCUT2D eigenvalue weighted by Gasteiger charge is -2.24. The largest absolute Gasteiger partial charge is 0.465 e. The van der Waals surface area contributed by atoms with Gasteiger partial charge in [-0.3, -0.25) is 9.10 Å². The fourth-order valence-corrected chi connectivity index (χ4v) is 4.12. The summed E-state index contributed by atoms with van der Waals surface area (Å²) in [6.45, 7) is 2.83. The molecule has 0 saturated heterocycles. The van der Waals surface area contributed by atoms with Gasteiger partial charge in [0.1, 0.15) is 12.4 Å². The highest BCUT2D eigenvalue weighted by Gasteiger charge is 2.29. The van der Waals surface area contributed by atoms with Crippen molar-refractivity contribution in [2.75, 3.05) is 17.5 Å². The van der Waals surface area contributed by atoms with Crippen LogP contribution in [-0.2, 0) is 19.6 Å². The van der Waals surface area contributed by atoms with Crippen LogP contribution < -0.4 is 4.31 Å². The zero-order valence-electron chi connectivity index (χ0n) is 13.7. The van der Waals surface area contributed by atoms with Gasteiger partial charge in [0.2, 0.25) is 0 Å². The molecule has 2 aromatic carbocycles. The molecule has 0 saturated carbocycles. The van der Waals surface area contributed by atoms with Gasteiger partial charge in [-0.05, 0) is 55.8 Å². The Bertz CT molecular complexity index is 869. The first-order valence-corrected chi connectivity index (χ1v) is 9.27. The molecular weight excluding hydrogens is 369 g/mol. The van der Waals surface area contributed by atoms with Crippen LogP contribution in [0.1, 0.15) is 12.5 Å². The summed E-state index contributed by atoms with van der Waals surface area (Å²) < 4.78 is 45.1. The van der Waals surface area contributed by atoms with Crippen molar-refractivity contribution in [3.8, 4) is 0 Å². The number of nitrogens with zero attached hydrogens (tertiary/aromatic N) is 1. The van der Waals surface area contributed by atoms with Crippen LogP contribution in [0.3, 0.4) is 0 Å². The molecule has 8 heteroatoms. The molecule has 0 radical (unpaired) electrons. The van der Waals surface area contributed by atoms with Crippen LogP contribution in [0.25, 0.3) is 0 Å². The van der Waals surface area contributed by atoms with Gasteiger partial charge in [0.25, 0.3) is 10.0 Å². The predicted octanol–water partition coefficient (Wildman–Crippen LogP) is 3.55. The Morgan fingerprint density at radius 3 is 2.44 bits per heavy atom. The van der Waals surface area contributed by atoms with Crippen molar-refractivity contribution in [2.24, 2.45) is 0 Å². The molecule has 0 N–H and O–H groups in total. The SMILES string of the molecule is CCOC(=O)CN(c1ccc(F)cc1)S(=O)(=O)c1cc(Cl)ccc1C. The van der Waals surface area contributed by atoms with Crippen LogP contribution in [0.15, 0.2) is 47.4 Å². The predicted molar refractivity (Wildman–Crippen MR) is 93.8 cm³/mol. The number of ether oxygens (including phenoxy) is 1. The molecule has 0 bridgehead atoms. The van der Waals surface area contributed by atoms with Crippen molar-refractivity contribution in [3.05, 3.63) is 58.9 Å². The Labute approximate surface area is 151 Å². The average Bonchev–Trinajstić information content (AvgIpc) is 2.56. The van der Waals surface area contributed by atoms with Crippen LogP contribution in [0.5, 0.6) is 0 Å². The molecule has 0 aliphatic rings. The maximum absolute atomic E-state index is 13.2. The van der Waals surface area contributed by atoms with Crippen LogP contribution in [-0.4, -0.2) is 27.5 Å². The van der Waals surface area contributed by atoms with E-state index in [2.05, 4.69) is 0 Å². The lowest BCUT2D eigenvalue weighted by atomic mass is 10.2. The normalized spacial score (nSPS) is 11.2. The van der Waals surface area contributed by atoms with E-state index in [4.69, 9.17) is 16.3 Å². The number of carbonyl (C=O) groups excluding carboxylic acids is 1. The number of halogens is 2. The Balaban J connectivity index is 2.54. The summed E-state index contributed by atoms with van der Waals surface area (Å²) in [5.74, 6) is -1.23. The third kappa shape index (κ3) is 4.49. The van der Waals surface area contributed by atoms with Crippen LogP contribution in [0.2, 0.25) is 5.02 Å². The van der Waals surface area contributed by atoms with E-state index in [1.54, 1.807) is 26.0 Å². The molecule has 0 aromatic heterocycles. The maximum Gasteiger partial charge on any atom is 0.326 e. The highest BCUT2D eigenvalue weighted by atomic mass is 35.5. The van der Waals surface area contributed by atoms with Crippen molar-refractivity contribution in [2.45, 2.75) is 18.7 Å². The van der Waals surface area contributed by atoms with E-state index in [0.29, 0.717) is 5.56 Å². The number of esters is 1. The van der Waals surface area contributed by atoms with E-state index < -0.39 is 28.4 Å². The summed E-state index contributed by atoms with van der Waals surface area (Å²) in [4.78, 5) is 11.9. The number of rotatable bonds is 6. The first-order valence-electron chi connectivity index (χ1n) is 7.45. The highest BCUT2D eigenvalue weighted by Crippen LogP contribution is 2.28. The fourth-order valence-electron chi connectivity index (χ4n) is 2.22. The number of hydrogen-bond acceptors (Lipinski definition) is 4. The van der Waals surface area contributed by atoms with Gasteiger partial charge in [0.05, 0.1) is 17.2 Å². The number of sulfonamides is 1. The van der Waals surface area contributed by atoms with Gasteiger partial charge in [-0.1, -0.05) is 17.7 Å². The van der Waals surface area contributed by atoms with E-state index in [1.807, 2.05) is 0 Å². The van der Waals surface area contributed by atoms with Gasteiger partial charge >= 0.3 is 5.97 Å². The van der Waals surface area contributed by atoms with Crippen molar-refractivity contribution in [1.82, 2.24) is 0 Å². The summed E-state index contributed by atoms with van der Waals surface area (Å²) >= 11 is 5.93. The van der Waals surface area contributed by atoms with Gasteiger partial charge in [0.15, 0.2) is 0 Å². The minimum absolute atomic E-state index is 0.0337. The molecule has 134 valence electrons. The second-order valence-electron chi connectivity index (χ2n) is 5.20. The van der Waals surface area contributed by atoms with Crippen LogP contribution in [0, 0.1) is 12.7 Å². The lowest BCUT2D eigenvalue weighted by molar-refractivity contribution is -0.141. The molecule has 0 atom stereocenters. The highest BCUT2D eigenvalue weighted by molar-refractivity contribution is 7.93. The molecule has 0 fully saturated rings. The van der Waals surface area contributed by atoms with E-state index in [9.17, 15) is 17.6 Å². The molecule has 0 unspecified atom stereocenters. The fraction of sp³-hybridized carbons (Fsp3) is 0.235. The zero-order chi connectivity index (χ0) is 18.6. The topological polar surface area (TPSA) is 63.7 Å². The van der Waals surface area contributed by atoms with E-state index in [1.165, 1.54) is 18.2 Å². The Hall–Kier alpha value is -2.12. The summed E-state index contributed by atoms with van der Waals surface area (Å²) in [5.41, 5.74) is 0.620. The van der Waals surface area contributed by atoms with Crippen molar-refractivity contribution >= 4 is 33.3 Å². The van der Waals surface area contributed by atoms with Crippen molar-refractivity contribution < 1.29 is 22.3 Å². The minimum Gasteiger partial charge on any atom is -0.465 e. The molecule has 0 heterocycles. The average molecular weight is 386 g/mol. The first-order chi connectivity index (χ1) is 11.8. The molecule has 25 heavy (non-hydrogen) atoms. The summed E-state index contributed by atoms with van der Waals surface area (Å²) in [5, 5.41) is 0.249. The number of benzene rings is 2. The Morgan fingerprint density at radius 1 is 1.20 bits per heavy atom. The number of carbonyl (C=O) groups is 1. The molecule has 2 rings (SSSR count). The maximum atomic E-state index is 13.2. The molecule has 5 nitrogen and oxygen atoms in total. The van der Waals surface area contributed by atoms with Gasteiger partial charge in [-0.25, -0.2) is 12.8 Å². The molecule has 0 aliphatic heterocycles. The number of hydrogen-bond donors (Lipinski definition) is 0. The van der Waals surface area contributed by atoms with Gasteiger partial charge < -0.3 is 4.74 Å². The summed E-state index contributed by atoms with van der Waals surface area (Å²) in [7, 11) is -4.11. The summed E-state index contributed by atoms with van der Waals surface area (Å²) in [6.07, 6.45) is 0. The Kier molecular flexibility index (Phi) is 6.02. The van der Waals surface area contributed by atoms with Crippen molar-refractivity contribution in [1.29, 1.82) is 0 Å². The summed E-state index contributed by atoms with van der Waals surface area (Å²) in [6, 6.07) is 9.26. The molecule has 0 aliphatic carbocycles. The quantitative estimate of drug-likeness (QED) is 0.713. The third-order valence-electron chi connectivity index (χ3n) is 3.41. The van der Waals surface area contributed by atoms with E-state index in [0.717, 1.165) is 16.4 Å². The molecule has 0 amide bonds. The zero-order valence-corrected chi connectivity index (χ0v) is 15.3. The minimum atomic E-state index is -4.11. The standard InChI is InChI=1S/C17H17ClFNO4S/c1-3-24-17(21)11-20(15-8-6-14(19)7-9-15)25(22,23)16-10-13(18)5-4-12(16)2/h4-10H,3,11H2,1-2H3. The van der Waals surface area contributed by atoms with Gasteiger partial charge in [0, 0.05) is 5.02 Å². The van der Waals surface area contributed by atoms with Gasteiger partial charge in [-0.15, -0.1) is 0 Å². The molecule has 0 spiro atoms. The second kappa shape index (κ2) is 7.84. The lowest BCUT2D eigenvalue weighted by Crippen LogP contribution is -2.37. The second-order valence-corrected chi connectivity index (χ2v) is 7.47. The number of aryl methyl sites for hydroxylation is 1. The van der Waals surface area contributed by atoms with Crippen LogP contribution in [0.4, 0.5) is 10.1 Å².